The molecule has 0 bridgehead atoms. The van der Waals surface area contributed by atoms with Gasteiger partial charge in [-0.2, -0.15) is 0 Å². The molecule has 186 valence electrons. The summed E-state index contributed by atoms with van der Waals surface area (Å²) in [5.41, 5.74) is 6.54. The zero-order valence-electron chi connectivity index (χ0n) is 20.2. The molecule has 3 aromatic heterocycles. The van der Waals surface area contributed by atoms with E-state index >= 15 is 0 Å². The van der Waals surface area contributed by atoms with E-state index in [-0.39, 0.29) is 11.4 Å². The molecule has 8 heteroatoms. The van der Waals surface area contributed by atoms with Gasteiger partial charge in [-0.05, 0) is 54.3 Å². The number of benzene rings is 2. The topological polar surface area (TPSA) is 87.0 Å². The van der Waals surface area contributed by atoms with Crippen LogP contribution >= 0.6 is 0 Å². The fourth-order valence-corrected chi connectivity index (χ4v) is 5.18. The van der Waals surface area contributed by atoms with Gasteiger partial charge in [0.1, 0.15) is 11.5 Å². The van der Waals surface area contributed by atoms with Gasteiger partial charge in [-0.3, -0.25) is 9.88 Å². The van der Waals surface area contributed by atoms with Gasteiger partial charge >= 0.3 is 5.97 Å². The van der Waals surface area contributed by atoms with Crippen molar-refractivity contribution in [3.63, 3.8) is 0 Å². The fraction of sp³-hybridized carbons (Fsp3) is 0.207. The average molecular weight is 496 g/mol. The Hall–Kier alpha value is -4.30. The maximum absolute atomic E-state index is 13.4. The molecular weight excluding hydrogens is 469 g/mol. The zero-order valence-corrected chi connectivity index (χ0v) is 20.2. The predicted molar refractivity (Wildman–Crippen MR) is 139 cm³/mol. The van der Waals surface area contributed by atoms with Crippen LogP contribution in [0.1, 0.15) is 32.9 Å². The first-order chi connectivity index (χ1) is 18.0. The molecule has 0 saturated heterocycles. The molecule has 0 atom stereocenters. The predicted octanol–water partition coefficient (Wildman–Crippen LogP) is 5.06. The second-order valence-corrected chi connectivity index (χ2v) is 9.42. The molecule has 2 aromatic carbocycles. The van der Waals surface area contributed by atoms with Crippen molar-refractivity contribution in [2.45, 2.75) is 32.5 Å². The molecule has 0 radical (unpaired) electrons. The van der Waals surface area contributed by atoms with E-state index in [0.29, 0.717) is 31.0 Å². The number of carboxylic acids is 1. The Balaban J connectivity index is 1.30. The second kappa shape index (κ2) is 9.63. The molecular formula is C29H26FN5O2. The number of H-pyrrole nitrogens is 1. The fourth-order valence-electron chi connectivity index (χ4n) is 5.18. The number of carbonyl (C=O) groups is 1. The number of nitrogens with one attached hydrogen (secondary N) is 1. The first-order valence-electron chi connectivity index (χ1n) is 12.3. The number of fused-ring (bicyclic) bond motifs is 3. The van der Waals surface area contributed by atoms with E-state index in [9.17, 15) is 14.3 Å². The van der Waals surface area contributed by atoms with Crippen LogP contribution in [-0.2, 0) is 32.5 Å². The van der Waals surface area contributed by atoms with Crippen LogP contribution in [-0.4, -0.2) is 42.0 Å². The number of aromatic amines is 1. The minimum atomic E-state index is -1.00. The van der Waals surface area contributed by atoms with E-state index in [4.69, 9.17) is 0 Å². The molecule has 6 rings (SSSR count). The van der Waals surface area contributed by atoms with E-state index < -0.39 is 5.97 Å². The number of nitrogens with zero attached hydrogens (tertiary/aromatic N) is 4. The first-order valence-corrected chi connectivity index (χ1v) is 12.3. The van der Waals surface area contributed by atoms with Gasteiger partial charge in [0, 0.05) is 49.0 Å². The molecule has 37 heavy (non-hydrogen) atoms. The van der Waals surface area contributed by atoms with E-state index in [2.05, 4.69) is 48.7 Å². The second-order valence-electron chi connectivity index (χ2n) is 9.42. The van der Waals surface area contributed by atoms with Crippen LogP contribution in [0.15, 0.2) is 73.1 Å². The van der Waals surface area contributed by atoms with Crippen LogP contribution in [0.3, 0.4) is 0 Å². The monoisotopic (exact) mass is 495 g/mol. The molecule has 0 amide bonds. The molecule has 0 spiro atoms. The number of aromatic carboxylic acids is 1. The van der Waals surface area contributed by atoms with Crippen molar-refractivity contribution in [2.24, 2.45) is 0 Å². The van der Waals surface area contributed by atoms with E-state index in [1.807, 2.05) is 6.20 Å². The number of imidazole rings is 1. The minimum absolute atomic E-state index is 0.169. The highest BCUT2D eigenvalue weighted by atomic mass is 19.1. The number of pyridine rings is 1. The molecule has 0 saturated carbocycles. The summed E-state index contributed by atoms with van der Waals surface area (Å²) in [5.74, 6) is -0.636. The third-order valence-corrected chi connectivity index (χ3v) is 7.06. The number of hydrogen-bond acceptors (Lipinski definition) is 4. The van der Waals surface area contributed by atoms with Gasteiger partial charge in [-0.1, -0.05) is 30.3 Å². The number of para-hydroxylation sites is 1. The Labute approximate surface area is 213 Å². The molecule has 7 nitrogen and oxygen atoms in total. The summed E-state index contributed by atoms with van der Waals surface area (Å²) < 4.78 is 15.5. The van der Waals surface area contributed by atoms with Crippen molar-refractivity contribution < 1.29 is 14.3 Å². The minimum Gasteiger partial charge on any atom is -0.478 e. The number of hydrogen-bond donors (Lipinski definition) is 2. The largest absolute Gasteiger partial charge is 0.478 e. The Bertz CT molecular complexity index is 1590. The van der Waals surface area contributed by atoms with Crippen molar-refractivity contribution in [1.82, 2.24) is 24.4 Å². The summed E-state index contributed by atoms with van der Waals surface area (Å²) in [6.45, 7) is 3.06. The highest BCUT2D eigenvalue weighted by molar-refractivity contribution is 5.88. The van der Waals surface area contributed by atoms with Gasteiger partial charge in [0.15, 0.2) is 5.82 Å². The Kier molecular flexibility index (Phi) is 6.02. The number of carboxylic acid groups (broad SMARTS) is 1. The summed E-state index contributed by atoms with van der Waals surface area (Å²) in [4.78, 5) is 26.6. The molecule has 0 unspecified atom stereocenters. The summed E-state index contributed by atoms with van der Waals surface area (Å²) in [7, 11) is 0. The van der Waals surface area contributed by atoms with Gasteiger partial charge in [0.25, 0.3) is 0 Å². The van der Waals surface area contributed by atoms with Crippen LogP contribution in [0.2, 0.25) is 0 Å². The summed E-state index contributed by atoms with van der Waals surface area (Å²) >= 11 is 0. The summed E-state index contributed by atoms with van der Waals surface area (Å²) in [5, 5.41) is 10.8. The Morgan fingerprint density at radius 2 is 1.92 bits per heavy atom. The van der Waals surface area contributed by atoms with Gasteiger partial charge in [-0.15, -0.1) is 0 Å². The van der Waals surface area contributed by atoms with Gasteiger partial charge in [-0.25, -0.2) is 14.2 Å². The highest BCUT2D eigenvalue weighted by Gasteiger charge is 2.23. The molecule has 0 fully saturated rings. The summed E-state index contributed by atoms with van der Waals surface area (Å²) in [6, 6.07) is 18.0. The molecule has 1 aliphatic rings. The van der Waals surface area contributed by atoms with E-state index in [1.165, 1.54) is 46.6 Å². The van der Waals surface area contributed by atoms with Crippen LogP contribution in [0.4, 0.5) is 4.39 Å². The molecule has 4 heterocycles. The lowest BCUT2D eigenvalue weighted by atomic mass is 10.0. The lowest BCUT2D eigenvalue weighted by Gasteiger charge is -2.27. The molecule has 1 aliphatic heterocycles. The number of halogens is 1. The van der Waals surface area contributed by atoms with Crippen LogP contribution in [0, 0.1) is 5.82 Å². The average Bonchev–Trinajstić information content (AvgIpc) is 3.49. The zero-order chi connectivity index (χ0) is 25.4. The quantitative estimate of drug-likeness (QED) is 0.329. The normalized spacial score (nSPS) is 13.6. The summed E-state index contributed by atoms with van der Waals surface area (Å²) in [6.07, 6.45) is 5.01. The smallest absolute Gasteiger partial charge is 0.335 e. The van der Waals surface area contributed by atoms with Crippen molar-refractivity contribution in [1.29, 1.82) is 0 Å². The highest BCUT2D eigenvalue weighted by Crippen LogP contribution is 2.29. The first kappa shape index (κ1) is 23.1. The van der Waals surface area contributed by atoms with Crippen LogP contribution in [0.5, 0.6) is 0 Å². The SMILES string of the molecule is O=C(O)c1ccnc(-c2ncc(CN3CCc4c([nH]c5ccccc45)C3)n2CCc2ccc(F)cc2)c1. The van der Waals surface area contributed by atoms with E-state index in [0.717, 1.165) is 30.8 Å². The molecule has 2 N–H and O–H groups in total. The van der Waals surface area contributed by atoms with Crippen molar-refractivity contribution in [3.8, 4) is 11.5 Å². The maximum Gasteiger partial charge on any atom is 0.335 e. The third kappa shape index (κ3) is 4.63. The van der Waals surface area contributed by atoms with Crippen LogP contribution < -0.4 is 0 Å². The van der Waals surface area contributed by atoms with Crippen LogP contribution in [0.25, 0.3) is 22.4 Å². The third-order valence-electron chi connectivity index (χ3n) is 7.06. The van der Waals surface area contributed by atoms with Crippen molar-refractivity contribution in [2.75, 3.05) is 6.54 Å². The van der Waals surface area contributed by atoms with Gasteiger partial charge < -0.3 is 14.7 Å². The number of rotatable bonds is 7. The maximum atomic E-state index is 13.4. The Morgan fingerprint density at radius 1 is 1.08 bits per heavy atom. The van der Waals surface area contributed by atoms with Gasteiger partial charge in [0.05, 0.1) is 17.5 Å². The lowest BCUT2D eigenvalue weighted by molar-refractivity contribution is 0.0696. The molecule has 0 aliphatic carbocycles. The van der Waals surface area contributed by atoms with E-state index in [1.54, 1.807) is 18.2 Å². The Morgan fingerprint density at radius 3 is 2.76 bits per heavy atom. The van der Waals surface area contributed by atoms with Gasteiger partial charge in [0.2, 0.25) is 0 Å². The lowest BCUT2D eigenvalue weighted by Crippen LogP contribution is -2.30. The number of aromatic nitrogens is 4. The van der Waals surface area contributed by atoms with Crippen molar-refractivity contribution in [3.05, 3.63) is 107 Å². The standard InChI is InChI=1S/C29H26FN5O2/c30-21-7-5-19(6-8-21)10-14-35-22(16-32-28(35)26-15-20(29(36)37)9-12-31-26)17-34-13-11-24-23-3-1-2-4-25(23)33-27(24)18-34/h1-9,12,15-16,33H,10-11,13-14,17-18H2,(H,36,37). The molecule has 5 aromatic rings. The number of aryl methyl sites for hydroxylation is 1. The van der Waals surface area contributed by atoms with Crippen molar-refractivity contribution >= 4 is 16.9 Å².